The Morgan fingerprint density at radius 3 is 2.12 bits per heavy atom. The van der Waals surface area contributed by atoms with Gasteiger partial charge in [0.05, 0.1) is 0 Å². The molecule has 0 aliphatic carbocycles. The zero-order valence-corrected chi connectivity index (χ0v) is 18.9. The Morgan fingerprint density at radius 1 is 1.12 bits per heavy atom. The summed E-state index contributed by atoms with van der Waals surface area (Å²) in [5, 5.41) is 11.5. The van der Waals surface area contributed by atoms with Crippen molar-refractivity contribution in [3.05, 3.63) is 48.0 Å². The quantitative estimate of drug-likeness (QED) is 0.301. The van der Waals surface area contributed by atoms with Crippen molar-refractivity contribution < 1.29 is 9.53 Å². The predicted octanol–water partition coefficient (Wildman–Crippen LogP) is 5.69. The maximum absolute atomic E-state index is 11.4. The molecule has 1 aromatic carbocycles. The molecule has 1 unspecified atom stereocenters. The molecule has 1 atom stereocenters. The van der Waals surface area contributed by atoms with Crippen LogP contribution < -0.4 is 0 Å². The second-order valence-corrected chi connectivity index (χ2v) is 14.0. The van der Waals surface area contributed by atoms with Crippen molar-refractivity contribution in [1.82, 2.24) is 0 Å². The van der Waals surface area contributed by atoms with E-state index in [1.54, 1.807) is 0 Å². The zero-order chi connectivity index (χ0) is 20.2. The summed E-state index contributed by atoms with van der Waals surface area (Å²) in [6.07, 6.45) is 0.604. The van der Waals surface area contributed by atoms with E-state index < -0.39 is 19.3 Å². The van der Waals surface area contributed by atoms with Gasteiger partial charge in [-0.1, -0.05) is 83.4 Å². The molecule has 0 saturated heterocycles. The third kappa shape index (κ3) is 4.88. The SMILES string of the molecule is C=C(C)C(O)(C#CCCO[Si](C)(C)C(C)(C)C)C(C)(C)c1ccccc1. The molecule has 0 radical (unpaired) electrons. The van der Waals surface area contributed by atoms with E-state index in [4.69, 9.17) is 4.43 Å². The first kappa shape index (κ1) is 22.7. The van der Waals surface area contributed by atoms with E-state index in [-0.39, 0.29) is 5.04 Å². The highest BCUT2D eigenvalue weighted by atomic mass is 28.4. The zero-order valence-electron chi connectivity index (χ0n) is 17.9. The van der Waals surface area contributed by atoms with Gasteiger partial charge in [0.2, 0.25) is 0 Å². The van der Waals surface area contributed by atoms with Crippen molar-refractivity contribution >= 4 is 8.32 Å². The molecule has 0 fully saturated rings. The van der Waals surface area contributed by atoms with Gasteiger partial charge in [0.25, 0.3) is 0 Å². The lowest BCUT2D eigenvalue weighted by molar-refractivity contribution is 0.0652. The van der Waals surface area contributed by atoms with Crippen LogP contribution in [0.4, 0.5) is 0 Å². The molecule has 0 saturated carbocycles. The van der Waals surface area contributed by atoms with E-state index in [9.17, 15) is 5.11 Å². The molecular formula is C23H36O2Si. The molecule has 0 bridgehead atoms. The molecule has 1 N–H and O–H groups in total. The Morgan fingerprint density at radius 2 is 1.65 bits per heavy atom. The first-order valence-electron chi connectivity index (χ1n) is 9.33. The first-order chi connectivity index (χ1) is 11.8. The van der Waals surface area contributed by atoms with Crippen LogP contribution in [-0.4, -0.2) is 25.6 Å². The Labute approximate surface area is 161 Å². The Kier molecular flexibility index (Phi) is 7.09. The van der Waals surface area contributed by atoms with E-state index in [2.05, 4.69) is 52.3 Å². The van der Waals surface area contributed by atoms with Crippen LogP contribution in [0.3, 0.4) is 0 Å². The van der Waals surface area contributed by atoms with Crippen molar-refractivity contribution in [3.8, 4) is 11.8 Å². The van der Waals surface area contributed by atoms with Crippen LogP contribution in [0.25, 0.3) is 0 Å². The van der Waals surface area contributed by atoms with Crippen molar-refractivity contribution in [2.45, 2.75) is 77.1 Å². The van der Waals surface area contributed by atoms with Gasteiger partial charge in [-0.2, -0.15) is 0 Å². The summed E-state index contributed by atoms with van der Waals surface area (Å²) in [6, 6.07) is 9.99. The average Bonchev–Trinajstić information content (AvgIpc) is 2.53. The minimum atomic E-state index is -1.76. The molecule has 0 aliphatic heterocycles. The van der Waals surface area contributed by atoms with Gasteiger partial charge in [0.15, 0.2) is 13.9 Å². The van der Waals surface area contributed by atoms with Crippen molar-refractivity contribution in [2.75, 3.05) is 6.61 Å². The molecule has 3 heteroatoms. The fourth-order valence-electron chi connectivity index (χ4n) is 2.62. The van der Waals surface area contributed by atoms with Crippen LogP contribution in [0.1, 0.15) is 53.5 Å². The highest BCUT2D eigenvalue weighted by Gasteiger charge is 2.44. The molecular weight excluding hydrogens is 336 g/mol. The number of rotatable bonds is 6. The van der Waals surface area contributed by atoms with Crippen molar-refractivity contribution in [2.24, 2.45) is 0 Å². The third-order valence-electron chi connectivity index (χ3n) is 5.78. The molecule has 1 aromatic rings. The van der Waals surface area contributed by atoms with Gasteiger partial charge in [-0.15, -0.1) is 0 Å². The standard InChI is InChI=1S/C23H36O2Si/c1-19(2)23(24,22(6,7)20-15-11-10-12-16-20)17-13-14-18-25-26(8,9)21(3,4)5/h10-12,15-16,24H,1,14,18H2,2-9H3. The minimum absolute atomic E-state index is 0.189. The second kappa shape index (κ2) is 8.13. The molecule has 0 heterocycles. The summed E-state index contributed by atoms with van der Waals surface area (Å²) in [5.41, 5.74) is -0.153. The Balaban J connectivity index is 2.94. The van der Waals surface area contributed by atoms with Crippen LogP contribution >= 0.6 is 0 Å². The highest BCUT2D eigenvalue weighted by Crippen LogP contribution is 2.39. The van der Waals surface area contributed by atoms with Crippen LogP contribution in [0.2, 0.25) is 18.1 Å². The van der Waals surface area contributed by atoms with Gasteiger partial charge in [-0.25, -0.2) is 0 Å². The normalized spacial score (nSPS) is 15.0. The van der Waals surface area contributed by atoms with Crippen molar-refractivity contribution in [1.29, 1.82) is 0 Å². The fourth-order valence-corrected chi connectivity index (χ4v) is 3.67. The van der Waals surface area contributed by atoms with Gasteiger partial charge in [-0.05, 0) is 36.2 Å². The van der Waals surface area contributed by atoms with Crippen molar-refractivity contribution in [3.63, 3.8) is 0 Å². The van der Waals surface area contributed by atoms with E-state index in [0.717, 1.165) is 5.56 Å². The minimum Gasteiger partial charge on any atom is -0.416 e. The summed E-state index contributed by atoms with van der Waals surface area (Å²) in [4.78, 5) is 0. The van der Waals surface area contributed by atoms with E-state index in [1.807, 2.05) is 51.1 Å². The van der Waals surface area contributed by atoms with E-state index in [1.165, 1.54) is 0 Å². The summed E-state index contributed by atoms with van der Waals surface area (Å²) in [5.74, 6) is 6.24. The lowest BCUT2D eigenvalue weighted by Gasteiger charge is -2.40. The number of benzene rings is 1. The van der Waals surface area contributed by atoms with Gasteiger partial charge >= 0.3 is 0 Å². The lowest BCUT2D eigenvalue weighted by atomic mass is 9.67. The molecule has 0 amide bonds. The second-order valence-electron chi connectivity index (χ2n) is 9.14. The summed E-state index contributed by atoms with van der Waals surface area (Å²) >= 11 is 0. The summed E-state index contributed by atoms with van der Waals surface area (Å²) < 4.78 is 6.17. The third-order valence-corrected chi connectivity index (χ3v) is 10.3. The maximum Gasteiger partial charge on any atom is 0.192 e. The van der Waals surface area contributed by atoms with Crippen LogP contribution in [-0.2, 0) is 9.84 Å². The highest BCUT2D eigenvalue weighted by molar-refractivity contribution is 6.74. The summed E-state index contributed by atoms with van der Waals surface area (Å²) in [7, 11) is -1.76. The number of hydrogen-bond donors (Lipinski definition) is 1. The molecule has 2 nitrogen and oxygen atoms in total. The molecule has 144 valence electrons. The lowest BCUT2D eigenvalue weighted by Crippen LogP contribution is -2.47. The molecule has 1 rings (SSSR count). The molecule has 0 spiro atoms. The molecule has 0 aliphatic rings. The van der Waals surface area contributed by atoms with E-state index >= 15 is 0 Å². The fraction of sp³-hybridized carbons (Fsp3) is 0.565. The number of hydrogen-bond acceptors (Lipinski definition) is 2. The maximum atomic E-state index is 11.4. The summed E-state index contributed by atoms with van der Waals surface area (Å²) in [6.45, 7) is 21.6. The van der Waals surface area contributed by atoms with Gasteiger partial charge in [0.1, 0.15) is 0 Å². The average molecular weight is 373 g/mol. The largest absolute Gasteiger partial charge is 0.416 e. The van der Waals surface area contributed by atoms with Crippen LogP contribution in [0, 0.1) is 11.8 Å². The van der Waals surface area contributed by atoms with E-state index in [0.29, 0.717) is 18.6 Å². The first-order valence-corrected chi connectivity index (χ1v) is 12.2. The Hall–Kier alpha value is -1.34. The molecule has 26 heavy (non-hydrogen) atoms. The smallest absolute Gasteiger partial charge is 0.192 e. The van der Waals surface area contributed by atoms with Crippen LogP contribution in [0.15, 0.2) is 42.5 Å². The monoisotopic (exact) mass is 372 g/mol. The predicted molar refractivity (Wildman–Crippen MR) is 115 cm³/mol. The van der Waals surface area contributed by atoms with Gasteiger partial charge < -0.3 is 9.53 Å². The van der Waals surface area contributed by atoms with Gasteiger partial charge in [0, 0.05) is 18.4 Å². The molecule has 0 aromatic heterocycles. The van der Waals surface area contributed by atoms with Crippen LogP contribution in [0.5, 0.6) is 0 Å². The topological polar surface area (TPSA) is 29.5 Å². The van der Waals surface area contributed by atoms with Gasteiger partial charge in [-0.3, -0.25) is 0 Å². The Bertz CT molecular complexity index is 672. The number of aliphatic hydroxyl groups is 1.